The number of rotatable bonds is 4. The molecular weight excluding hydrogens is 220 g/mol. The van der Waals surface area contributed by atoms with Gasteiger partial charge in [0, 0.05) is 19.1 Å². The molecule has 0 amide bonds. The highest BCUT2D eigenvalue weighted by Gasteiger charge is 2.42. The summed E-state index contributed by atoms with van der Waals surface area (Å²) in [5, 5.41) is 3.75. The summed E-state index contributed by atoms with van der Waals surface area (Å²) >= 11 is 0. The van der Waals surface area contributed by atoms with E-state index < -0.39 is 0 Å². The molecule has 0 bridgehead atoms. The van der Waals surface area contributed by atoms with Crippen LogP contribution in [0.5, 0.6) is 0 Å². The average molecular weight is 252 g/mol. The van der Waals surface area contributed by atoms with Crippen LogP contribution >= 0.6 is 0 Å². The number of likely N-dealkylation sites (tertiary alicyclic amines) is 1. The van der Waals surface area contributed by atoms with E-state index in [1.807, 2.05) is 0 Å². The standard InChI is InChI=1S/C16H32N2/c1-6-17-14-13(7-8-16(14,4)5)11-18-10-9-15(2,3)12-18/h13-14,17H,6-12H2,1-5H3. The molecule has 1 heterocycles. The van der Waals surface area contributed by atoms with E-state index in [9.17, 15) is 0 Å². The van der Waals surface area contributed by atoms with Crippen LogP contribution in [-0.4, -0.2) is 37.1 Å². The molecule has 0 radical (unpaired) electrons. The zero-order valence-electron chi connectivity index (χ0n) is 13.1. The van der Waals surface area contributed by atoms with Gasteiger partial charge in [-0.15, -0.1) is 0 Å². The maximum absolute atomic E-state index is 3.75. The molecule has 1 N–H and O–H groups in total. The van der Waals surface area contributed by atoms with Gasteiger partial charge < -0.3 is 10.2 Å². The van der Waals surface area contributed by atoms with E-state index in [0.717, 1.165) is 12.5 Å². The Labute approximate surface area is 114 Å². The number of hydrogen-bond donors (Lipinski definition) is 1. The summed E-state index contributed by atoms with van der Waals surface area (Å²) in [5.74, 6) is 0.855. The van der Waals surface area contributed by atoms with E-state index in [1.165, 1.54) is 38.9 Å². The van der Waals surface area contributed by atoms with Crippen molar-refractivity contribution in [1.29, 1.82) is 0 Å². The topological polar surface area (TPSA) is 15.3 Å². The first-order valence-electron chi connectivity index (χ1n) is 7.80. The van der Waals surface area contributed by atoms with Crippen LogP contribution in [0.2, 0.25) is 0 Å². The van der Waals surface area contributed by atoms with Gasteiger partial charge in [-0.2, -0.15) is 0 Å². The molecule has 1 saturated carbocycles. The van der Waals surface area contributed by atoms with Crippen molar-refractivity contribution in [3.63, 3.8) is 0 Å². The van der Waals surface area contributed by atoms with Crippen molar-refractivity contribution in [2.75, 3.05) is 26.2 Å². The van der Waals surface area contributed by atoms with Gasteiger partial charge in [0.05, 0.1) is 0 Å². The van der Waals surface area contributed by atoms with Crippen molar-refractivity contribution in [1.82, 2.24) is 10.2 Å². The Kier molecular flexibility index (Phi) is 4.08. The van der Waals surface area contributed by atoms with Crippen LogP contribution in [0.4, 0.5) is 0 Å². The Morgan fingerprint density at radius 3 is 2.44 bits per heavy atom. The fourth-order valence-corrected chi connectivity index (χ4v) is 4.09. The van der Waals surface area contributed by atoms with Gasteiger partial charge in [0.15, 0.2) is 0 Å². The highest BCUT2D eigenvalue weighted by molar-refractivity contribution is 4.98. The smallest absolute Gasteiger partial charge is 0.0159 e. The van der Waals surface area contributed by atoms with E-state index in [0.29, 0.717) is 16.9 Å². The maximum Gasteiger partial charge on any atom is 0.0159 e. The molecule has 1 saturated heterocycles. The minimum atomic E-state index is 0.482. The van der Waals surface area contributed by atoms with Gasteiger partial charge in [0.1, 0.15) is 0 Å². The second-order valence-electron chi connectivity index (χ2n) is 7.97. The first kappa shape index (κ1) is 14.3. The molecular formula is C16H32N2. The van der Waals surface area contributed by atoms with Gasteiger partial charge in [-0.25, -0.2) is 0 Å². The summed E-state index contributed by atoms with van der Waals surface area (Å²) in [4.78, 5) is 2.70. The van der Waals surface area contributed by atoms with Crippen LogP contribution in [0, 0.1) is 16.7 Å². The minimum absolute atomic E-state index is 0.482. The Balaban J connectivity index is 1.93. The molecule has 2 fully saturated rings. The molecule has 0 spiro atoms. The average Bonchev–Trinajstić information content (AvgIpc) is 2.73. The first-order valence-corrected chi connectivity index (χ1v) is 7.80. The van der Waals surface area contributed by atoms with Crippen molar-refractivity contribution >= 4 is 0 Å². The molecule has 2 atom stereocenters. The Morgan fingerprint density at radius 2 is 1.89 bits per heavy atom. The van der Waals surface area contributed by atoms with Crippen molar-refractivity contribution < 1.29 is 0 Å². The molecule has 1 aliphatic heterocycles. The van der Waals surface area contributed by atoms with Crippen molar-refractivity contribution in [2.45, 2.75) is 59.9 Å². The summed E-state index contributed by atoms with van der Waals surface area (Å²) in [6.07, 6.45) is 4.16. The third kappa shape index (κ3) is 3.08. The van der Waals surface area contributed by atoms with Crippen molar-refractivity contribution in [3.8, 4) is 0 Å². The van der Waals surface area contributed by atoms with E-state index >= 15 is 0 Å². The van der Waals surface area contributed by atoms with E-state index in [4.69, 9.17) is 0 Å². The zero-order chi connectivity index (χ0) is 13.4. The summed E-state index contributed by atoms with van der Waals surface area (Å²) in [7, 11) is 0. The van der Waals surface area contributed by atoms with Gasteiger partial charge in [0.25, 0.3) is 0 Å². The van der Waals surface area contributed by atoms with Crippen molar-refractivity contribution in [3.05, 3.63) is 0 Å². The second kappa shape index (κ2) is 5.13. The van der Waals surface area contributed by atoms with E-state index in [-0.39, 0.29) is 0 Å². The molecule has 2 nitrogen and oxygen atoms in total. The minimum Gasteiger partial charge on any atom is -0.313 e. The number of nitrogens with zero attached hydrogens (tertiary/aromatic N) is 1. The van der Waals surface area contributed by atoms with Gasteiger partial charge in [0.2, 0.25) is 0 Å². The lowest BCUT2D eigenvalue weighted by Gasteiger charge is -2.33. The highest BCUT2D eigenvalue weighted by Crippen LogP contribution is 2.42. The van der Waals surface area contributed by atoms with E-state index in [2.05, 4.69) is 44.8 Å². The monoisotopic (exact) mass is 252 g/mol. The van der Waals surface area contributed by atoms with Crippen LogP contribution in [0.25, 0.3) is 0 Å². The Bertz CT molecular complexity index is 283. The number of hydrogen-bond acceptors (Lipinski definition) is 2. The highest BCUT2D eigenvalue weighted by atomic mass is 15.2. The molecule has 0 aromatic carbocycles. The third-order valence-corrected chi connectivity index (χ3v) is 5.15. The molecule has 18 heavy (non-hydrogen) atoms. The molecule has 2 aliphatic rings. The lowest BCUT2D eigenvalue weighted by molar-refractivity contribution is 0.195. The molecule has 2 heteroatoms. The van der Waals surface area contributed by atoms with Gasteiger partial charge in [-0.3, -0.25) is 0 Å². The lowest BCUT2D eigenvalue weighted by atomic mass is 9.84. The van der Waals surface area contributed by atoms with E-state index in [1.54, 1.807) is 0 Å². The van der Waals surface area contributed by atoms with Crippen LogP contribution in [0.3, 0.4) is 0 Å². The summed E-state index contributed by atoms with van der Waals surface area (Å²) < 4.78 is 0. The molecule has 2 rings (SSSR count). The van der Waals surface area contributed by atoms with Crippen molar-refractivity contribution in [2.24, 2.45) is 16.7 Å². The van der Waals surface area contributed by atoms with Crippen LogP contribution in [0.15, 0.2) is 0 Å². The quantitative estimate of drug-likeness (QED) is 0.827. The first-order chi connectivity index (χ1) is 8.34. The largest absolute Gasteiger partial charge is 0.313 e. The van der Waals surface area contributed by atoms with Gasteiger partial charge >= 0.3 is 0 Å². The zero-order valence-corrected chi connectivity index (χ0v) is 13.1. The van der Waals surface area contributed by atoms with Crippen LogP contribution in [0.1, 0.15) is 53.9 Å². The summed E-state index contributed by atoms with van der Waals surface area (Å²) in [6.45, 7) is 17.0. The predicted molar refractivity (Wildman–Crippen MR) is 78.8 cm³/mol. The third-order valence-electron chi connectivity index (χ3n) is 5.15. The predicted octanol–water partition coefficient (Wildman–Crippen LogP) is 3.13. The second-order valence-corrected chi connectivity index (χ2v) is 7.97. The number of nitrogens with one attached hydrogen (secondary N) is 1. The Morgan fingerprint density at radius 1 is 1.17 bits per heavy atom. The Hall–Kier alpha value is -0.0800. The van der Waals surface area contributed by atoms with Gasteiger partial charge in [-0.1, -0.05) is 34.6 Å². The molecule has 0 aromatic heterocycles. The van der Waals surface area contributed by atoms with Crippen LogP contribution < -0.4 is 5.32 Å². The maximum atomic E-state index is 3.75. The van der Waals surface area contributed by atoms with Gasteiger partial charge in [-0.05, 0) is 49.1 Å². The lowest BCUT2D eigenvalue weighted by Crippen LogP contribution is -2.45. The molecule has 106 valence electrons. The summed E-state index contributed by atoms with van der Waals surface area (Å²) in [6, 6.07) is 0.714. The fraction of sp³-hybridized carbons (Fsp3) is 1.00. The fourth-order valence-electron chi connectivity index (χ4n) is 4.09. The normalized spacial score (nSPS) is 35.2. The molecule has 0 aromatic rings. The SMILES string of the molecule is CCNC1C(CN2CCC(C)(C)C2)CCC1(C)C. The van der Waals surface area contributed by atoms with Crippen LogP contribution in [-0.2, 0) is 0 Å². The summed E-state index contributed by atoms with van der Waals surface area (Å²) in [5.41, 5.74) is 1.03. The molecule has 2 unspecified atom stereocenters. The molecule has 1 aliphatic carbocycles.